The second-order valence-electron chi connectivity index (χ2n) is 33.0. The molecule has 0 atom stereocenters. The summed E-state index contributed by atoms with van der Waals surface area (Å²) in [5.41, 5.74) is 34.1. The number of hydrogen-bond acceptors (Lipinski definition) is 2. The zero-order valence-corrected chi connectivity index (χ0v) is 61.0. The van der Waals surface area contributed by atoms with Crippen LogP contribution in [0.1, 0.15) is 105 Å². The highest BCUT2D eigenvalue weighted by Crippen LogP contribution is 2.51. The summed E-state index contributed by atoms with van der Waals surface area (Å²) in [5, 5.41) is 5.20. The lowest BCUT2D eigenvalue weighted by molar-refractivity contribution is 0.572. The smallest absolute Gasteiger partial charge is 0.252 e. The molecular weight excluding hydrogens is 1240 g/mol. The number of aromatic nitrogens is 4. The van der Waals surface area contributed by atoms with Gasteiger partial charge < -0.3 is 9.13 Å². The molecule has 0 spiro atoms. The lowest BCUT2D eigenvalue weighted by Crippen LogP contribution is -2.59. The molecule has 0 bridgehead atoms. The van der Waals surface area contributed by atoms with E-state index in [2.05, 4.69) is 377 Å². The van der Waals surface area contributed by atoms with Gasteiger partial charge >= 0.3 is 0 Å². The summed E-state index contributed by atoms with van der Waals surface area (Å²) >= 11 is 0. The molecule has 0 fully saturated rings. The largest absolute Gasteiger partial charge is 0.310 e. The molecule has 103 heavy (non-hydrogen) atoms. The molecular formula is C98H83BN4. The van der Waals surface area contributed by atoms with E-state index in [4.69, 9.17) is 9.97 Å². The molecule has 0 aliphatic carbocycles. The number of nitrogens with zero attached hydrogens (tertiary/aromatic N) is 4. The molecule has 0 amide bonds. The van der Waals surface area contributed by atoms with Gasteiger partial charge in [0.05, 0.1) is 33.5 Å². The molecule has 2 aliphatic rings. The van der Waals surface area contributed by atoms with Crippen LogP contribution >= 0.6 is 0 Å². The van der Waals surface area contributed by atoms with Crippen molar-refractivity contribution < 1.29 is 0 Å². The monoisotopic (exact) mass is 1330 g/mol. The minimum atomic E-state index is -0.226. The molecule has 498 valence electrons. The van der Waals surface area contributed by atoms with Crippen molar-refractivity contribution in [1.29, 1.82) is 0 Å². The van der Waals surface area contributed by atoms with Crippen molar-refractivity contribution in [2.45, 2.75) is 105 Å². The fourth-order valence-corrected chi connectivity index (χ4v) is 16.8. The van der Waals surface area contributed by atoms with E-state index in [0.29, 0.717) is 5.82 Å². The summed E-state index contributed by atoms with van der Waals surface area (Å²) < 4.78 is 5.44. The van der Waals surface area contributed by atoms with Gasteiger partial charge in [-0.2, -0.15) is 0 Å². The van der Waals surface area contributed by atoms with Crippen LogP contribution in [-0.4, -0.2) is 25.8 Å². The molecule has 0 N–H and O–H groups in total. The zero-order chi connectivity index (χ0) is 70.6. The summed E-state index contributed by atoms with van der Waals surface area (Å²) in [6, 6.07) is 107. The quantitative estimate of drug-likeness (QED) is 0.135. The number of hydrogen-bond donors (Lipinski definition) is 0. The third-order valence-corrected chi connectivity index (χ3v) is 22.0. The minimum Gasteiger partial charge on any atom is -0.310 e. The van der Waals surface area contributed by atoms with Gasteiger partial charge in [0.2, 0.25) is 0 Å². The van der Waals surface area contributed by atoms with Crippen LogP contribution in [0.5, 0.6) is 0 Å². The Hall–Kier alpha value is -11.4. The third-order valence-electron chi connectivity index (χ3n) is 22.0. The van der Waals surface area contributed by atoms with Gasteiger partial charge in [-0.05, 0) is 194 Å². The first-order chi connectivity index (χ1) is 49.6. The van der Waals surface area contributed by atoms with Crippen LogP contribution in [0.3, 0.4) is 0 Å². The fraction of sp³-hybridized carbons (Fsp3) is 0.163. The lowest BCUT2D eigenvalue weighted by Gasteiger charge is -2.35. The zero-order valence-electron chi connectivity index (χ0n) is 61.0. The molecule has 18 rings (SSSR count). The van der Waals surface area contributed by atoms with Gasteiger partial charge in [0.25, 0.3) is 6.71 Å². The highest BCUT2D eigenvalue weighted by atomic mass is 15.0. The van der Waals surface area contributed by atoms with Crippen molar-refractivity contribution in [3.05, 3.63) is 307 Å². The average Bonchev–Trinajstić information content (AvgIpc) is 1.53. The second-order valence-corrected chi connectivity index (χ2v) is 33.0. The topological polar surface area (TPSA) is 35.6 Å². The molecule has 0 unspecified atom stereocenters. The molecule has 4 nitrogen and oxygen atoms in total. The number of rotatable bonds is 9. The van der Waals surface area contributed by atoms with Gasteiger partial charge in [-0.1, -0.05) is 301 Å². The Morgan fingerprint density at radius 3 is 0.903 bits per heavy atom. The van der Waals surface area contributed by atoms with Gasteiger partial charge in [-0.3, -0.25) is 0 Å². The maximum Gasteiger partial charge on any atom is 0.252 e. The van der Waals surface area contributed by atoms with Gasteiger partial charge in [0.15, 0.2) is 5.82 Å². The van der Waals surface area contributed by atoms with Crippen LogP contribution in [0.25, 0.3) is 156 Å². The van der Waals surface area contributed by atoms with Crippen LogP contribution in [0.4, 0.5) is 0 Å². The molecule has 5 heteroatoms. The molecule has 13 aromatic carbocycles. The van der Waals surface area contributed by atoms with Crippen molar-refractivity contribution in [2.24, 2.45) is 0 Å². The maximum absolute atomic E-state index is 6.04. The summed E-state index contributed by atoms with van der Waals surface area (Å²) in [6.45, 7) is 28.6. The Balaban J connectivity index is 1.04. The third kappa shape index (κ3) is 10.6. The Kier molecular flexibility index (Phi) is 14.6. The second kappa shape index (κ2) is 23.6. The predicted octanol–water partition coefficient (Wildman–Crippen LogP) is 24.0. The highest BCUT2D eigenvalue weighted by Gasteiger charge is 2.44. The van der Waals surface area contributed by atoms with Crippen LogP contribution in [0, 0.1) is 0 Å². The van der Waals surface area contributed by atoms with Crippen molar-refractivity contribution in [2.75, 3.05) is 0 Å². The Labute approximate surface area is 606 Å². The van der Waals surface area contributed by atoms with E-state index in [0.717, 1.165) is 84.0 Å². The standard InChI is InChI=1S/C98H83BN4/c1-95(2,3)73-55-77(97(7,8)9)89-83(57-73)102-85-53-71(82-59-81(70-49-66(60-31-19-13-20-32-60)47-67(50-70)61-33-21-14-22-34-61)100-94(101-82)72-51-68(62-35-23-15-24-36-62)48-69(52-72)63-37-25-16-26-38-63)54-86-91(85)99(79-45-43-75(87(89)92(79)102)64-39-27-17-28-40-64)80-46-44-76(65-41-29-18-30-42-65)88-90-78(98(10,11)12)56-74(96(4,5)6)58-84(90)103(86)93(80)88/h13-59H,1-12H3. The summed E-state index contributed by atoms with van der Waals surface area (Å²) in [6.07, 6.45) is 0. The van der Waals surface area contributed by atoms with Crippen molar-refractivity contribution in [3.63, 3.8) is 0 Å². The number of benzene rings is 13. The SMILES string of the molecule is CC(C)(C)c1cc(C(C)(C)C)c2c3c(-c4ccccc4)ccc4c3n(c2c1)-c1cc(-c2cc(-c3cc(-c5ccccc5)cc(-c5ccccc5)c3)nc(-c3cc(-c5ccccc5)cc(-c5ccccc5)c3)n2)cc2c1B4c1ccc(-c3ccccc3)c3c4c(C(C)(C)C)cc(C(C)(C)C)cc4n-2c13. The Morgan fingerprint density at radius 1 is 0.262 bits per heavy atom. The molecule has 0 radical (unpaired) electrons. The molecule has 3 aromatic heterocycles. The average molecular weight is 1330 g/mol. The minimum absolute atomic E-state index is 0.154. The first-order valence-corrected chi connectivity index (χ1v) is 36.6. The summed E-state index contributed by atoms with van der Waals surface area (Å²) in [7, 11) is 0. The maximum atomic E-state index is 6.04. The molecule has 0 saturated carbocycles. The molecule has 16 aromatic rings. The van der Waals surface area contributed by atoms with Gasteiger partial charge in [0, 0.05) is 49.6 Å². The van der Waals surface area contributed by atoms with Gasteiger partial charge in [0.1, 0.15) is 0 Å². The van der Waals surface area contributed by atoms with Crippen molar-refractivity contribution >= 4 is 66.7 Å². The van der Waals surface area contributed by atoms with Crippen LogP contribution in [0.15, 0.2) is 285 Å². The Bertz CT molecular complexity index is 5610. The summed E-state index contributed by atoms with van der Waals surface area (Å²) in [4.78, 5) is 11.9. The van der Waals surface area contributed by atoms with Gasteiger partial charge in [-0.15, -0.1) is 0 Å². The van der Waals surface area contributed by atoms with E-state index in [1.165, 1.54) is 105 Å². The lowest BCUT2D eigenvalue weighted by atomic mass is 9.34. The highest BCUT2D eigenvalue weighted by molar-refractivity contribution is 7.00. The summed E-state index contributed by atoms with van der Waals surface area (Å²) in [5.74, 6) is 0.644. The van der Waals surface area contributed by atoms with E-state index in [1.54, 1.807) is 0 Å². The first kappa shape index (κ1) is 63.8. The van der Waals surface area contributed by atoms with E-state index >= 15 is 0 Å². The van der Waals surface area contributed by atoms with E-state index in [9.17, 15) is 0 Å². The molecule has 2 aliphatic heterocycles. The molecule has 5 heterocycles. The fourth-order valence-electron chi connectivity index (χ4n) is 16.8. The van der Waals surface area contributed by atoms with E-state index < -0.39 is 0 Å². The van der Waals surface area contributed by atoms with Crippen LogP contribution in [0.2, 0.25) is 0 Å². The Morgan fingerprint density at radius 2 is 0.573 bits per heavy atom. The first-order valence-electron chi connectivity index (χ1n) is 36.6. The predicted molar refractivity (Wildman–Crippen MR) is 439 cm³/mol. The van der Waals surface area contributed by atoms with Gasteiger partial charge in [-0.25, -0.2) is 9.97 Å². The van der Waals surface area contributed by atoms with E-state index in [-0.39, 0.29) is 28.4 Å². The van der Waals surface area contributed by atoms with Crippen LogP contribution in [-0.2, 0) is 21.7 Å². The van der Waals surface area contributed by atoms with Crippen molar-refractivity contribution in [1.82, 2.24) is 19.1 Å². The number of fused-ring (bicyclic) bond motifs is 10. The van der Waals surface area contributed by atoms with E-state index in [1.807, 2.05) is 0 Å². The molecule has 0 saturated heterocycles. The van der Waals surface area contributed by atoms with Crippen LogP contribution < -0.4 is 16.4 Å². The van der Waals surface area contributed by atoms with Crippen molar-refractivity contribution in [3.8, 4) is 112 Å². The normalized spacial score (nSPS) is 12.8.